The van der Waals surface area contributed by atoms with Gasteiger partial charge in [0.25, 0.3) is 0 Å². The van der Waals surface area contributed by atoms with Crippen molar-refractivity contribution in [3.8, 4) is 6.07 Å². The normalized spacial score (nSPS) is 17.3. The predicted octanol–water partition coefficient (Wildman–Crippen LogP) is 5.36. The lowest BCUT2D eigenvalue weighted by Crippen LogP contribution is -2.49. The number of nitrogens with zero attached hydrogens (tertiary/aromatic N) is 2. The zero-order valence-corrected chi connectivity index (χ0v) is 22.0. The van der Waals surface area contributed by atoms with E-state index in [2.05, 4.69) is 6.58 Å². The van der Waals surface area contributed by atoms with Crippen LogP contribution in [0, 0.1) is 22.7 Å². The molecule has 11 heteroatoms. The van der Waals surface area contributed by atoms with Crippen LogP contribution in [0.2, 0.25) is 0 Å². The lowest BCUT2D eigenvalue weighted by atomic mass is 9.75. The highest BCUT2D eigenvalue weighted by Crippen LogP contribution is 2.44. The molecule has 0 bridgehead atoms. The van der Waals surface area contributed by atoms with Gasteiger partial charge in [-0.3, -0.25) is 15.1 Å². The summed E-state index contributed by atoms with van der Waals surface area (Å²) >= 11 is 0. The van der Waals surface area contributed by atoms with Crippen molar-refractivity contribution < 1.29 is 37.0 Å². The van der Waals surface area contributed by atoms with E-state index < -0.39 is 41.3 Å². The summed E-state index contributed by atoms with van der Waals surface area (Å²) in [4.78, 5) is 28.0. The third kappa shape index (κ3) is 6.40. The molecule has 0 radical (unpaired) electrons. The lowest BCUT2D eigenvalue weighted by Gasteiger charge is -2.41. The summed E-state index contributed by atoms with van der Waals surface area (Å²) < 4.78 is 57.2. The van der Waals surface area contributed by atoms with E-state index in [1.807, 2.05) is 6.07 Å². The predicted molar refractivity (Wildman–Crippen MR) is 140 cm³/mol. The highest BCUT2D eigenvalue weighted by atomic mass is 19.4. The van der Waals surface area contributed by atoms with Crippen LogP contribution in [0.1, 0.15) is 36.5 Å². The summed E-state index contributed by atoms with van der Waals surface area (Å²) in [6.45, 7) is 6.39. The molecule has 1 aliphatic rings. The fraction of sp³-hybridized carbons (Fsp3) is 0.310. The highest BCUT2D eigenvalue weighted by Gasteiger charge is 2.48. The van der Waals surface area contributed by atoms with Crippen LogP contribution in [-0.2, 0) is 30.0 Å². The van der Waals surface area contributed by atoms with Crippen LogP contribution >= 0.6 is 0 Å². The van der Waals surface area contributed by atoms with Crippen LogP contribution < -0.4 is 4.90 Å². The van der Waals surface area contributed by atoms with Gasteiger partial charge in [-0.15, -0.1) is 6.58 Å². The molecule has 2 aromatic rings. The Morgan fingerprint density at radius 3 is 2.38 bits per heavy atom. The molecule has 0 spiro atoms. The summed E-state index contributed by atoms with van der Waals surface area (Å²) in [5, 5.41) is 18.4. The smallest absolute Gasteiger partial charge is 0.416 e. The van der Waals surface area contributed by atoms with Gasteiger partial charge in [-0.25, -0.2) is 4.79 Å². The second-order valence-corrected chi connectivity index (χ2v) is 8.59. The molecule has 40 heavy (non-hydrogen) atoms. The molecule has 1 aliphatic heterocycles. The quantitative estimate of drug-likeness (QED) is 0.239. The summed E-state index contributed by atoms with van der Waals surface area (Å²) in [6, 6.07) is 12.3. The number of anilines is 1. The van der Waals surface area contributed by atoms with Crippen molar-refractivity contribution in [3.05, 3.63) is 89.1 Å². The molecule has 210 valence electrons. The average Bonchev–Trinajstić information content (AvgIpc) is 2.92. The number of hydrogen-bond donors (Lipinski definition) is 1. The molecule has 0 saturated heterocycles. The number of nitriles is 1. The molecule has 2 atom stereocenters. The first-order valence-corrected chi connectivity index (χ1v) is 12.4. The fourth-order valence-electron chi connectivity index (χ4n) is 4.46. The van der Waals surface area contributed by atoms with Crippen LogP contribution in [0.5, 0.6) is 0 Å². The number of carbonyl (C=O) groups is 2. The second kappa shape index (κ2) is 13.1. The van der Waals surface area contributed by atoms with Gasteiger partial charge in [0, 0.05) is 11.6 Å². The maximum absolute atomic E-state index is 13.6. The zero-order valence-electron chi connectivity index (χ0n) is 22.0. The van der Waals surface area contributed by atoms with E-state index in [4.69, 9.17) is 19.6 Å². The molecule has 0 amide bonds. The molecule has 0 aliphatic carbocycles. The van der Waals surface area contributed by atoms with Gasteiger partial charge in [0.1, 0.15) is 11.8 Å². The van der Waals surface area contributed by atoms with Gasteiger partial charge in [-0.1, -0.05) is 24.3 Å². The lowest BCUT2D eigenvalue weighted by molar-refractivity contribution is -0.146. The number of ether oxygens (including phenoxy) is 3. The molecule has 0 saturated carbocycles. The van der Waals surface area contributed by atoms with Crippen molar-refractivity contribution >= 4 is 23.5 Å². The van der Waals surface area contributed by atoms with Crippen molar-refractivity contribution in [2.45, 2.75) is 25.9 Å². The van der Waals surface area contributed by atoms with E-state index in [0.717, 1.165) is 17.0 Å². The van der Waals surface area contributed by atoms with Crippen molar-refractivity contribution in [1.82, 2.24) is 0 Å². The first-order chi connectivity index (χ1) is 19.1. The SMILES string of the molecule is C=CCOCC1=C(C(=O)OCC)C(c2ccc(C#N)cc2)C(C(=O)OCC)C(=N)N1c1cccc(C(F)(F)F)c1. The van der Waals surface area contributed by atoms with Crippen LogP contribution in [0.3, 0.4) is 0 Å². The molecule has 0 fully saturated rings. The Balaban J connectivity index is 2.40. The number of benzene rings is 2. The summed E-state index contributed by atoms with van der Waals surface area (Å²) in [5.74, 6) is -4.68. The van der Waals surface area contributed by atoms with Crippen molar-refractivity contribution in [2.75, 3.05) is 31.3 Å². The molecular weight excluding hydrogens is 527 g/mol. The Kier molecular flexibility index (Phi) is 9.85. The molecule has 2 aromatic carbocycles. The molecule has 3 rings (SSSR count). The van der Waals surface area contributed by atoms with E-state index in [0.29, 0.717) is 11.1 Å². The van der Waals surface area contributed by atoms with Gasteiger partial charge in [-0.05, 0) is 49.7 Å². The number of alkyl halides is 3. The van der Waals surface area contributed by atoms with E-state index in [-0.39, 0.29) is 43.4 Å². The third-order valence-corrected chi connectivity index (χ3v) is 6.10. The van der Waals surface area contributed by atoms with Crippen LogP contribution in [0.15, 0.2) is 72.5 Å². The number of esters is 2. The Morgan fingerprint density at radius 1 is 1.12 bits per heavy atom. The number of amidine groups is 1. The molecular formula is C29H28F3N3O5. The van der Waals surface area contributed by atoms with Gasteiger partial charge in [0.2, 0.25) is 0 Å². The number of nitrogens with one attached hydrogen (secondary N) is 1. The summed E-state index contributed by atoms with van der Waals surface area (Å²) in [7, 11) is 0. The van der Waals surface area contributed by atoms with Crippen molar-refractivity contribution in [1.29, 1.82) is 10.7 Å². The van der Waals surface area contributed by atoms with Crippen LogP contribution in [-0.4, -0.2) is 44.2 Å². The summed E-state index contributed by atoms with van der Waals surface area (Å²) in [6.07, 6.45) is -3.24. The molecule has 8 nitrogen and oxygen atoms in total. The second-order valence-electron chi connectivity index (χ2n) is 8.59. The molecule has 2 unspecified atom stereocenters. The highest BCUT2D eigenvalue weighted by molar-refractivity contribution is 6.14. The number of rotatable bonds is 10. The Labute approximate surface area is 229 Å². The third-order valence-electron chi connectivity index (χ3n) is 6.10. The Bertz CT molecular complexity index is 1350. The molecule has 0 aromatic heterocycles. The molecule has 1 heterocycles. The van der Waals surface area contributed by atoms with E-state index in [1.165, 1.54) is 30.3 Å². The van der Waals surface area contributed by atoms with Gasteiger partial charge >= 0.3 is 18.1 Å². The summed E-state index contributed by atoms with van der Waals surface area (Å²) in [5.41, 5.74) is -0.421. The minimum atomic E-state index is -4.69. The van der Waals surface area contributed by atoms with E-state index in [9.17, 15) is 28.0 Å². The Hall–Kier alpha value is -4.43. The minimum Gasteiger partial charge on any atom is -0.465 e. The Morgan fingerprint density at radius 2 is 1.80 bits per heavy atom. The van der Waals surface area contributed by atoms with Crippen LogP contribution in [0.25, 0.3) is 0 Å². The zero-order chi connectivity index (χ0) is 29.4. The topological polar surface area (TPSA) is 113 Å². The maximum Gasteiger partial charge on any atom is 0.416 e. The monoisotopic (exact) mass is 555 g/mol. The van der Waals surface area contributed by atoms with E-state index >= 15 is 0 Å². The fourth-order valence-corrected chi connectivity index (χ4v) is 4.46. The van der Waals surface area contributed by atoms with Crippen LogP contribution in [0.4, 0.5) is 18.9 Å². The average molecular weight is 556 g/mol. The number of carbonyl (C=O) groups excluding carboxylic acids is 2. The maximum atomic E-state index is 13.6. The first-order valence-electron chi connectivity index (χ1n) is 12.4. The minimum absolute atomic E-state index is 0.0273. The van der Waals surface area contributed by atoms with Crippen molar-refractivity contribution in [3.63, 3.8) is 0 Å². The first kappa shape index (κ1) is 30.1. The molecule has 1 N–H and O–H groups in total. The largest absolute Gasteiger partial charge is 0.465 e. The number of halogens is 3. The standard InChI is InChI=1S/C29H28F3N3O5/c1-4-14-38-17-22-24(27(36)39-5-2)23(19-12-10-18(16-33)11-13-19)25(28(37)40-6-3)26(34)35(22)21-9-7-8-20(15-21)29(30,31)32/h4,7-13,15,23,25,34H,1,5-6,14,17H2,2-3H3. The van der Waals surface area contributed by atoms with Crippen molar-refractivity contribution in [2.24, 2.45) is 5.92 Å². The van der Waals surface area contributed by atoms with Gasteiger partial charge in [0.15, 0.2) is 0 Å². The van der Waals surface area contributed by atoms with Gasteiger partial charge in [0.05, 0.1) is 54.9 Å². The van der Waals surface area contributed by atoms with E-state index in [1.54, 1.807) is 26.0 Å². The van der Waals surface area contributed by atoms with Gasteiger partial charge < -0.3 is 14.2 Å². The number of hydrogen-bond acceptors (Lipinski definition) is 7. The van der Waals surface area contributed by atoms with Gasteiger partial charge in [-0.2, -0.15) is 18.4 Å².